The summed E-state index contributed by atoms with van der Waals surface area (Å²) in [5.74, 6) is 0.615. The summed E-state index contributed by atoms with van der Waals surface area (Å²) >= 11 is 5.21. The van der Waals surface area contributed by atoms with Crippen LogP contribution in [0.2, 0.25) is 0 Å². The molecule has 21 heavy (non-hydrogen) atoms. The predicted octanol–water partition coefficient (Wildman–Crippen LogP) is 3.23. The number of hydrogen-bond acceptors (Lipinski definition) is 2. The van der Waals surface area contributed by atoms with Gasteiger partial charge < -0.3 is 15.5 Å². The number of anilines is 1. The summed E-state index contributed by atoms with van der Waals surface area (Å²) in [7, 11) is 0. The molecule has 0 saturated carbocycles. The van der Waals surface area contributed by atoms with Crippen LogP contribution in [0.15, 0.2) is 24.3 Å². The van der Waals surface area contributed by atoms with Crippen LogP contribution in [0.1, 0.15) is 26.2 Å². The molecule has 0 bridgehead atoms. The Morgan fingerprint density at radius 2 is 2.14 bits per heavy atom. The van der Waals surface area contributed by atoms with Gasteiger partial charge in [0.2, 0.25) is 0 Å². The van der Waals surface area contributed by atoms with E-state index in [1.165, 1.54) is 38.1 Å². The lowest BCUT2D eigenvalue weighted by Crippen LogP contribution is -2.36. The monoisotopic (exact) mass is 309 g/mol. The van der Waals surface area contributed by atoms with Crippen molar-refractivity contribution in [2.75, 3.05) is 31.5 Å². The van der Waals surface area contributed by atoms with Crippen molar-refractivity contribution in [2.45, 2.75) is 26.2 Å². The fourth-order valence-electron chi connectivity index (χ4n) is 2.53. The molecule has 1 aliphatic heterocycles. The molecule has 0 aromatic heterocycles. The molecule has 1 aromatic rings. The number of likely N-dealkylation sites (tertiary alicyclic amines) is 1. The lowest BCUT2D eigenvalue weighted by Gasteiger charge is -2.30. The Morgan fingerprint density at radius 1 is 1.38 bits per heavy atom. The molecular formula is C16H24FN3S. The van der Waals surface area contributed by atoms with E-state index >= 15 is 0 Å². The van der Waals surface area contributed by atoms with Gasteiger partial charge in [-0.2, -0.15) is 0 Å². The molecule has 1 saturated heterocycles. The van der Waals surface area contributed by atoms with E-state index in [1.54, 1.807) is 12.1 Å². The first-order chi connectivity index (χ1) is 10.1. The third kappa shape index (κ3) is 5.98. The zero-order chi connectivity index (χ0) is 15.1. The van der Waals surface area contributed by atoms with Crippen LogP contribution in [-0.4, -0.2) is 36.2 Å². The number of nitrogens with zero attached hydrogens (tertiary/aromatic N) is 1. The van der Waals surface area contributed by atoms with Crippen molar-refractivity contribution in [2.24, 2.45) is 5.92 Å². The molecule has 0 radical (unpaired) electrons. The van der Waals surface area contributed by atoms with Gasteiger partial charge in [0.15, 0.2) is 5.11 Å². The van der Waals surface area contributed by atoms with Crippen molar-refractivity contribution in [3.8, 4) is 0 Å². The fraction of sp³-hybridized carbons (Fsp3) is 0.562. The number of hydrogen-bond donors (Lipinski definition) is 2. The molecular weight excluding hydrogens is 285 g/mol. The summed E-state index contributed by atoms with van der Waals surface area (Å²) in [6, 6.07) is 6.31. The Labute approximate surface area is 131 Å². The normalized spacial score (nSPS) is 16.7. The zero-order valence-electron chi connectivity index (χ0n) is 12.6. The summed E-state index contributed by atoms with van der Waals surface area (Å²) in [4.78, 5) is 2.52. The molecule has 1 aliphatic rings. The smallest absolute Gasteiger partial charge is 0.170 e. The summed E-state index contributed by atoms with van der Waals surface area (Å²) in [5.41, 5.74) is 0.678. The van der Waals surface area contributed by atoms with E-state index in [9.17, 15) is 4.39 Å². The molecule has 0 amide bonds. The lowest BCUT2D eigenvalue weighted by molar-refractivity contribution is 0.191. The van der Waals surface area contributed by atoms with Gasteiger partial charge in [0.1, 0.15) is 5.82 Å². The van der Waals surface area contributed by atoms with Crippen LogP contribution in [0.5, 0.6) is 0 Å². The fourth-order valence-corrected chi connectivity index (χ4v) is 2.75. The molecule has 0 unspecified atom stereocenters. The minimum atomic E-state index is -0.262. The zero-order valence-corrected chi connectivity index (χ0v) is 13.4. The maximum atomic E-state index is 13.0. The highest BCUT2D eigenvalue weighted by atomic mass is 32.1. The highest BCUT2D eigenvalue weighted by Gasteiger charge is 2.14. The van der Waals surface area contributed by atoms with Crippen LogP contribution in [0.3, 0.4) is 0 Å². The number of rotatable bonds is 5. The van der Waals surface area contributed by atoms with Crippen LogP contribution in [-0.2, 0) is 0 Å². The second-order valence-corrected chi connectivity index (χ2v) is 6.18. The second kappa shape index (κ2) is 8.29. The van der Waals surface area contributed by atoms with E-state index in [1.807, 2.05) is 0 Å². The molecule has 3 nitrogen and oxygen atoms in total. The lowest BCUT2D eigenvalue weighted by atomic mass is 9.99. The molecule has 0 spiro atoms. The van der Waals surface area contributed by atoms with Gasteiger partial charge in [-0.05, 0) is 75.2 Å². The highest BCUT2D eigenvalue weighted by Crippen LogP contribution is 2.15. The molecule has 0 aliphatic carbocycles. The summed E-state index contributed by atoms with van der Waals surface area (Å²) in [6.45, 7) is 6.71. The van der Waals surface area contributed by atoms with Crippen LogP contribution >= 0.6 is 12.2 Å². The Morgan fingerprint density at radius 3 is 2.86 bits per heavy atom. The van der Waals surface area contributed by atoms with E-state index in [0.717, 1.165) is 25.4 Å². The van der Waals surface area contributed by atoms with E-state index in [-0.39, 0.29) is 5.82 Å². The molecule has 5 heteroatoms. The number of benzene rings is 1. The minimum Gasteiger partial charge on any atom is -0.362 e. The Bertz CT molecular complexity index is 459. The molecule has 2 N–H and O–H groups in total. The Balaban J connectivity index is 1.59. The maximum absolute atomic E-state index is 13.0. The van der Waals surface area contributed by atoms with E-state index < -0.39 is 0 Å². The van der Waals surface area contributed by atoms with Gasteiger partial charge in [-0.25, -0.2) is 4.39 Å². The second-order valence-electron chi connectivity index (χ2n) is 5.77. The first-order valence-corrected chi connectivity index (χ1v) is 8.07. The van der Waals surface area contributed by atoms with Crippen molar-refractivity contribution < 1.29 is 4.39 Å². The van der Waals surface area contributed by atoms with Gasteiger partial charge in [-0.15, -0.1) is 0 Å². The molecule has 1 aromatic carbocycles. The number of thiocarbonyl (C=S) groups is 1. The first-order valence-electron chi connectivity index (χ1n) is 7.66. The standard InChI is InChI=1S/C16H24FN3S/c1-13-6-10-20(11-7-13)9-3-8-18-16(21)19-15-5-2-4-14(17)12-15/h2,4-5,12-13H,3,6-11H2,1H3,(H2,18,19,21). The van der Waals surface area contributed by atoms with Gasteiger partial charge in [0.05, 0.1) is 0 Å². The molecule has 0 atom stereocenters. The average molecular weight is 309 g/mol. The summed E-state index contributed by atoms with van der Waals surface area (Å²) < 4.78 is 13.0. The Hall–Kier alpha value is -1.20. The van der Waals surface area contributed by atoms with E-state index in [0.29, 0.717) is 10.8 Å². The average Bonchev–Trinajstić information content (AvgIpc) is 2.45. The van der Waals surface area contributed by atoms with Crippen molar-refractivity contribution in [3.05, 3.63) is 30.1 Å². The van der Waals surface area contributed by atoms with Crippen LogP contribution in [0.25, 0.3) is 0 Å². The van der Waals surface area contributed by atoms with Crippen LogP contribution < -0.4 is 10.6 Å². The highest BCUT2D eigenvalue weighted by molar-refractivity contribution is 7.80. The quantitative estimate of drug-likeness (QED) is 0.645. The van der Waals surface area contributed by atoms with E-state index in [2.05, 4.69) is 22.5 Å². The molecule has 116 valence electrons. The van der Waals surface area contributed by atoms with Gasteiger partial charge in [0.25, 0.3) is 0 Å². The van der Waals surface area contributed by atoms with Crippen molar-refractivity contribution in [1.82, 2.24) is 10.2 Å². The Kier molecular flexibility index (Phi) is 6.39. The number of piperidine rings is 1. The van der Waals surface area contributed by atoms with Gasteiger partial charge >= 0.3 is 0 Å². The largest absolute Gasteiger partial charge is 0.362 e. The first kappa shape index (κ1) is 16.2. The third-order valence-corrected chi connectivity index (χ3v) is 4.14. The third-order valence-electron chi connectivity index (χ3n) is 3.90. The van der Waals surface area contributed by atoms with Gasteiger partial charge in [-0.3, -0.25) is 0 Å². The SMILES string of the molecule is CC1CCN(CCCNC(=S)Nc2cccc(F)c2)CC1. The van der Waals surface area contributed by atoms with Crippen LogP contribution in [0.4, 0.5) is 10.1 Å². The topological polar surface area (TPSA) is 27.3 Å². The summed E-state index contributed by atoms with van der Waals surface area (Å²) in [5, 5.41) is 6.71. The molecule has 1 fully saturated rings. The number of nitrogens with one attached hydrogen (secondary N) is 2. The minimum absolute atomic E-state index is 0.262. The van der Waals surface area contributed by atoms with Crippen molar-refractivity contribution in [1.29, 1.82) is 0 Å². The van der Waals surface area contributed by atoms with Crippen LogP contribution in [0, 0.1) is 11.7 Å². The van der Waals surface area contributed by atoms with Crippen molar-refractivity contribution in [3.63, 3.8) is 0 Å². The van der Waals surface area contributed by atoms with E-state index in [4.69, 9.17) is 12.2 Å². The number of halogens is 1. The maximum Gasteiger partial charge on any atom is 0.170 e. The summed E-state index contributed by atoms with van der Waals surface area (Å²) in [6.07, 6.45) is 3.69. The van der Waals surface area contributed by atoms with Gasteiger partial charge in [-0.1, -0.05) is 13.0 Å². The molecule has 1 heterocycles. The van der Waals surface area contributed by atoms with Gasteiger partial charge in [0, 0.05) is 12.2 Å². The molecule has 2 rings (SSSR count). The predicted molar refractivity (Wildman–Crippen MR) is 90.1 cm³/mol. The van der Waals surface area contributed by atoms with Crippen molar-refractivity contribution >= 4 is 23.0 Å².